The summed E-state index contributed by atoms with van der Waals surface area (Å²) < 4.78 is 21.7. The average molecular weight is 450 g/mol. The lowest BCUT2D eigenvalue weighted by atomic mass is 9.77. The van der Waals surface area contributed by atoms with Crippen molar-refractivity contribution in [3.8, 4) is 28.7 Å². The number of ether oxygens (including phenoxy) is 4. The van der Waals surface area contributed by atoms with Gasteiger partial charge in [-0.3, -0.25) is 4.79 Å². The predicted octanol–water partition coefficient (Wildman–Crippen LogP) is 3.88. The molecule has 1 aliphatic rings. The molecule has 0 spiro atoms. The minimum Gasteiger partial charge on any atom is -0.508 e. The summed E-state index contributed by atoms with van der Waals surface area (Å²) in [4.78, 5) is 15.2. The summed E-state index contributed by atoms with van der Waals surface area (Å²) in [5, 5.41) is 9.70. The van der Waals surface area contributed by atoms with E-state index in [1.165, 1.54) is 21.3 Å². The van der Waals surface area contributed by atoms with Crippen molar-refractivity contribution in [1.29, 1.82) is 0 Å². The van der Waals surface area contributed by atoms with Crippen molar-refractivity contribution in [3.05, 3.63) is 65.7 Å². The van der Waals surface area contributed by atoms with Crippen LogP contribution in [0.1, 0.15) is 23.1 Å². The van der Waals surface area contributed by atoms with Crippen molar-refractivity contribution in [2.24, 2.45) is 0 Å². The van der Waals surface area contributed by atoms with Gasteiger partial charge in [0, 0.05) is 12.1 Å². The van der Waals surface area contributed by atoms with Gasteiger partial charge >= 0.3 is 0 Å². The molecule has 172 valence electrons. The van der Waals surface area contributed by atoms with Crippen LogP contribution >= 0.6 is 0 Å². The van der Waals surface area contributed by atoms with Crippen LogP contribution in [0.2, 0.25) is 0 Å². The van der Waals surface area contributed by atoms with Crippen LogP contribution in [-0.2, 0) is 4.79 Å². The van der Waals surface area contributed by atoms with Gasteiger partial charge in [-0.15, -0.1) is 0 Å². The largest absolute Gasteiger partial charge is 0.508 e. The molecule has 0 saturated carbocycles. The van der Waals surface area contributed by atoms with Crippen LogP contribution in [0.5, 0.6) is 28.7 Å². The number of methoxy groups -OCH3 is 4. The van der Waals surface area contributed by atoms with Crippen LogP contribution in [0, 0.1) is 0 Å². The van der Waals surface area contributed by atoms with Gasteiger partial charge in [-0.05, 0) is 35.4 Å². The molecule has 4 rings (SSSR count). The fourth-order valence-electron chi connectivity index (χ4n) is 4.27. The molecule has 0 radical (unpaired) electrons. The molecule has 3 N–H and O–H groups in total. The quantitative estimate of drug-likeness (QED) is 0.416. The van der Waals surface area contributed by atoms with E-state index in [2.05, 4.69) is 0 Å². The summed E-state index contributed by atoms with van der Waals surface area (Å²) in [6.45, 7) is 0. The van der Waals surface area contributed by atoms with E-state index < -0.39 is 5.92 Å². The number of anilines is 2. The Balaban J connectivity index is 1.84. The molecule has 0 aromatic heterocycles. The smallest absolute Gasteiger partial charge is 0.237 e. The van der Waals surface area contributed by atoms with Crippen LogP contribution in [-0.4, -0.2) is 39.5 Å². The monoisotopic (exact) mass is 450 g/mol. The van der Waals surface area contributed by atoms with E-state index in [0.29, 0.717) is 34.4 Å². The maximum Gasteiger partial charge on any atom is 0.237 e. The first kappa shape index (κ1) is 22.1. The van der Waals surface area contributed by atoms with Crippen LogP contribution in [0.4, 0.5) is 11.4 Å². The minimum absolute atomic E-state index is 0.102. The van der Waals surface area contributed by atoms with Crippen LogP contribution < -0.4 is 29.6 Å². The molecule has 33 heavy (non-hydrogen) atoms. The Labute approximate surface area is 192 Å². The van der Waals surface area contributed by atoms with E-state index in [0.717, 1.165) is 11.1 Å². The number of amides is 1. The number of phenolic OH excluding ortho intramolecular Hbond substituents is 1. The Morgan fingerprint density at radius 1 is 0.788 bits per heavy atom. The fraction of sp³-hybridized carbons (Fsp3) is 0.240. The van der Waals surface area contributed by atoms with Gasteiger partial charge < -0.3 is 34.7 Å². The molecular weight excluding hydrogens is 424 g/mol. The molecule has 2 atom stereocenters. The van der Waals surface area contributed by atoms with Crippen molar-refractivity contribution >= 4 is 17.3 Å². The molecule has 1 saturated heterocycles. The average Bonchev–Trinajstić information content (AvgIpc) is 2.82. The fourth-order valence-corrected chi connectivity index (χ4v) is 4.27. The number of rotatable bonds is 7. The van der Waals surface area contributed by atoms with Gasteiger partial charge in [0.05, 0.1) is 51.8 Å². The van der Waals surface area contributed by atoms with Gasteiger partial charge in [-0.25, -0.2) is 0 Å². The maximum atomic E-state index is 13.5. The summed E-state index contributed by atoms with van der Waals surface area (Å²) in [6, 6.07) is 15.3. The van der Waals surface area contributed by atoms with Crippen LogP contribution in [0.15, 0.2) is 54.6 Å². The van der Waals surface area contributed by atoms with Crippen molar-refractivity contribution < 1.29 is 28.8 Å². The zero-order valence-electron chi connectivity index (χ0n) is 18.9. The molecule has 1 amide bonds. The highest BCUT2D eigenvalue weighted by Gasteiger charge is 2.50. The summed E-state index contributed by atoms with van der Waals surface area (Å²) in [5.74, 6) is 1.47. The van der Waals surface area contributed by atoms with Crippen molar-refractivity contribution in [2.75, 3.05) is 39.1 Å². The molecular formula is C25H26N2O6. The lowest BCUT2D eigenvalue weighted by Crippen LogP contribution is -2.53. The number of nitrogen functional groups attached to an aromatic ring is 1. The number of hydrogen-bond acceptors (Lipinski definition) is 7. The molecule has 2 unspecified atom stereocenters. The topological polar surface area (TPSA) is 103 Å². The van der Waals surface area contributed by atoms with E-state index in [-0.39, 0.29) is 17.7 Å². The van der Waals surface area contributed by atoms with Gasteiger partial charge in [-0.2, -0.15) is 0 Å². The highest BCUT2D eigenvalue weighted by atomic mass is 16.5. The lowest BCUT2D eigenvalue weighted by molar-refractivity contribution is -0.126. The molecule has 1 fully saturated rings. The molecule has 1 aliphatic heterocycles. The van der Waals surface area contributed by atoms with Crippen LogP contribution in [0.3, 0.4) is 0 Å². The molecule has 0 aliphatic carbocycles. The Morgan fingerprint density at radius 2 is 1.36 bits per heavy atom. The highest BCUT2D eigenvalue weighted by Crippen LogP contribution is 2.52. The van der Waals surface area contributed by atoms with Crippen molar-refractivity contribution in [2.45, 2.75) is 12.0 Å². The van der Waals surface area contributed by atoms with Gasteiger partial charge in [0.1, 0.15) is 11.5 Å². The van der Waals surface area contributed by atoms with Gasteiger partial charge in [-0.1, -0.05) is 18.2 Å². The van der Waals surface area contributed by atoms with Gasteiger partial charge in [0.15, 0.2) is 11.5 Å². The van der Waals surface area contributed by atoms with Gasteiger partial charge in [0.25, 0.3) is 0 Å². The second kappa shape index (κ2) is 8.82. The van der Waals surface area contributed by atoms with E-state index in [4.69, 9.17) is 24.7 Å². The standard InChI is InChI=1S/C25H26N2O6/c1-30-19-10-7-15(11-18(19)26)23-22(14-5-8-17(28)9-6-14)25(29)27(23)16-12-20(31-2)24(33-4)21(13-16)32-3/h5-13,22-23,28H,26H2,1-4H3. The van der Waals surface area contributed by atoms with Crippen molar-refractivity contribution in [1.82, 2.24) is 0 Å². The Morgan fingerprint density at radius 3 is 1.88 bits per heavy atom. The lowest BCUT2D eigenvalue weighted by Gasteiger charge is -2.48. The Bertz CT molecular complexity index is 1150. The third-order valence-corrected chi connectivity index (χ3v) is 5.87. The summed E-state index contributed by atoms with van der Waals surface area (Å²) >= 11 is 0. The second-order valence-electron chi connectivity index (χ2n) is 7.61. The molecule has 8 heteroatoms. The molecule has 3 aromatic carbocycles. The third-order valence-electron chi connectivity index (χ3n) is 5.87. The van der Waals surface area contributed by atoms with Gasteiger partial charge in [0.2, 0.25) is 11.7 Å². The van der Waals surface area contributed by atoms with E-state index in [1.54, 1.807) is 54.5 Å². The second-order valence-corrected chi connectivity index (χ2v) is 7.61. The Kier molecular flexibility index (Phi) is 5.91. The summed E-state index contributed by atoms with van der Waals surface area (Å²) in [7, 11) is 6.14. The number of carbonyl (C=O) groups is 1. The number of phenols is 1. The number of hydrogen-bond donors (Lipinski definition) is 2. The molecule has 0 bridgehead atoms. The van der Waals surface area contributed by atoms with Crippen molar-refractivity contribution in [3.63, 3.8) is 0 Å². The van der Waals surface area contributed by atoms with E-state index >= 15 is 0 Å². The summed E-state index contributed by atoms with van der Waals surface area (Å²) in [6.07, 6.45) is 0. The predicted molar refractivity (Wildman–Crippen MR) is 125 cm³/mol. The first-order valence-corrected chi connectivity index (χ1v) is 10.3. The molecule has 8 nitrogen and oxygen atoms in total. The highest BCUT2D eigenvalue weighted by molar-refractivity contribution is 6.07. The van der Waals surface area contributed by atoms with E-state index in [1.807, 2.05) is 12.1 Å². The summed E-state index contributed by atoms with van der Waals surface area (Å²) in [5.41, 5.74) is 8.90. The first-order valence-electron chi connectivity index (χ1n) is 10.3. The zero-order chi connectivity index (χ0) is 23.7. The molecule has 1 heterocycles. The van der Waals surface area contributed by atoms with Crippen LogP contribution in [0.25, 0.3) is 0 Å². The van der Waals surface area contributed by atoms with E-state index in [9.17, 15) is 9.90 Å². The number of nitrogens with two attached hydrogens (primary N) is 1. The first-order chi connectivity index (χ1) is 15.9. The number of nitrogens with zero attached hydrogens (tertiary/aromatic N) is 1. The SMILES string of the molecule is COc1ccc(C2C(c3ccc(O)cc3)C(=O)N2c2cc(OC)c(OC)c(OC)c2)cc1N. The number of β-lactam (4-membered cyclic amide) rings is 1. The number of aromatic hydroxyl groups is 1. The Hall–Kier alpha value is -4.07. The zero-order valence-corrected chi connectivity index (χ0v) is 18.9. The number of carbonyl (C=O) groups excluding carboxylic acids is 1. The molecule has 3 aromatic rings. The number of benzene rings is 3. The minimum atomic E-state index is -0.461. The maximum absolute atomic E-state index is 13.5. The normalized spacial score (nSPS) is 17.3. The third kappa shape index (κ3) is 3.73.